The predicted molar refractivity (Wildman–Crippen MR) is 138 cm³/mol. The first-order valence-corrected chi connectivity index (χ1v) is 14.4. The molecule has 2 rings (SSSR count). The predicted octanol–water partition coefficient (Wildman–Crippen LogP) is 5.71. The average Bonchev–Trinajstić information content (AvgIpc) is 2.79. The Balaban J connectivity index is 0.00000544. The summed E-state index contributed by atoms with van der Waals surface area (Å²) in [5.41, 5.74) is 0.900. The van der Waals surface area contributed by atoms with Gasteiger partial charge in [0.2, 0.25) is 0 Å². The molecule has 2 aromatic rings. The Hall–Kier alpha value is -0.390. The molecule has 0 fully saturated rings. The van der Waals surface area contributed by atoms with E-state index in [2.05, 4.69) is 13.8 Å². The molecule has 0 aliphatic rings. The maximum atomic E-state index is 13.2. The van der Waals surface area contributed by atoms with E-state index >= 15 is 0 Å². The Morgan fingerprint density at radius 3 is 1.88 bits per heavy atom. The van der Waals surface area contributed by atoms with E-state index in [1.54, 1.807) is 0 Å². The van der Waals surface area contributed by atoms with Gasteiger partial charge in [0.25, 0.3) is 10.1 Å². The van der Waals surface area contributed by atoms with Crippen LogP contribution in [0.4, 0.5) is 0 Å². The molecule has 33 heavy (non-hydrogen) atoms. The van der Waals surface area contributed by atoms with Gasteiger partial charge in [0.05, 0.1) is 6.61 Å². The molecule has 0 atom stereocenters. The molecule has 3 nitrogen and oxygen atoms in total. The van der Waals surface area contributed by atoms with Crippen molar-refractivity contribution in [2.75, 3.05) is 6.61 Å². The molecule has 0 bridgehead atoms. The summed E-state index contributed by atoms with van der Waals surface area (Å²) in [6.45, 7) is 4.72. The summed E-state index contributed by atoms with van der Waals surface area (Å²) < 4.78 is 32.0. The molecule has 5 heteroatoms. The number of hydrogen-bond donors (Lipinski definition) is 0. The van der Waals surface area contributed by atoms with Gasteiger partial charge in [-0.2, -0.15) is 8.42 Å². The summed E-state index contributed by atoms with van der Waals surface area (Å²) >= 11 is 0. The monoisotopic (exact) mass is 484 g/mol. The van der Waals surface area contributed by atoms with E-state index in [0.717, 1.165) is 54.9 Å². The standard InChI is InChI=1S/C28H44O3S.Na.H/c1-3-5-7-9-11-13-15-20-26-23-22-25-19-16-17-21-27(25)28(26)32(29,30)31-24-18-14-12-10-8-6-4-2;;/h16-17,19,21-23H,3-15,18,20,24H2,1-2H3;;/q;+1;-1. The zero-order valence-corrected chi connectivity index (χ0v) is 24.2. The molecule has 0 spiro atoms. The molecule has 0 unspecified atom stereocenters. The van der Waals surface area contributed by atoms with Gasteiger partial charge in [0.1, 0.15) is 4.90 Å². The maximum Gasteiger partial charge on any atom is 1.00 e. The first-order chi connectivity index (χ1) is 15.6. The zero-order chi connectivity index (χ0) is 23.1. The van der Waals surface area contributed by atoms with Crippen molar-refractivity contribution < 1.29 is 43.6 Å². The van der Waals surface area contributed by atoms with Crippen LogP contribution >= 0.6 is 0 Å². The minimum atomic E-state index is -3.77. The molecule has 0 heterocycles. The van der Waals surface area contributed by atoms with Crippen LogP contribution in [0.2, 0.25) is 0 Å². The molecule has 0 aliphatic heterocycles. The van der Waals surface area contributed by atoms with Crippen molar-refractivity contribution in [2.24, 2.45) is 0 Å². The molecule has 0 amide bonds. The SMILES string of the molecule is CCCCCCCCCOS(=O)(=O)c1c(CCCCCCCCC)ccc2ccccc12.[H-].[Na+]. The van der Waals surface area contributed by atoms with Crippen molar-refractivity contribution in [3.8, 4) is 0 Å². The Morgan fingerprint density at radius 1 is 0.697 bits per heavy atom. The van der Waals surface area contributed by atoms with E-state index < -0.39 is 10.1 Å². The first kappa shape index (κ1) is 30.6. The number of rotatable bonds is 18. The maximum absolute atomic E-state index is 13.2. The summed E-state index contributed by atoms with van der Waals surface area (Å²) in [6.07, 6.45) is 17.3. The van der Waals surface area contributed by atoms with Crippen LogP contribution in [0.1, 0.15) is 111 Å². The van der Waals surface area contributed by atoms with Crippen LogP contribution in [0.25, 0.3) is 10.8 Å². The van der Waals surface area contributed by atoms with Crippen molar-refractivity contribution in [2.45, 2.75) is 115 Å². The van der Waals surface area contributed by atoms with Crippen LogP contribution in [0.3, 0.4) is 0 Å². The van der Waals surface area contributed by atoms with Crippen molar-refractivity contribution in [1.29, 1.82) is 0 Å². The van der Waals surface area contributed by atoms with Gasteiger partial charge in [0, 0.05) is 5.39 Å². The summed E-state index contributed by atoms with van der Waals surface area (Å²) in [6, 6.07) is 11.8. The van der Waals surface area contributed by atoms with Crippen LogP contribution in [0.15, 0.2) is 41.3 Å². The second kappa shape index (κ2) is 18.0. The summed E-state index contributed by atoms with van der Waals surface area (Å²) in [4.78, 5) is 0.393. The van der Waals surface area contributed by atoms with E-state index in [1.807, 2.05) is 36.4 Å². The fraction of sp³-hybridized carbons (Fsp3) is 0.643. The number of unbranched alkanes of at least 4 members (excludes halogenated alkanes) is 12. The molecule has 2 aromatic carbocycles. The molecular formula is C28H45NaO3S. The Bertz CT molecular complexity index is 886. The molecule has 0 radical (unpaired) electrons. The van der Waals surface area contributed by atoms with Crippen LogP contribution in [0.5, 0.6) is 0 Å². The quantitative estimate of drug-likeness (QED) is 0.155. The van der Waals surface area contributed by atoms with E-state index in [4.69, 9.17) is 4.18 Å². The topological polar surface area (TPSA) is 43.4 Å². The number of fused-ring (bicyclic) bond motifs is 1. The number of benzene rings is 2. The van der Waals surface area contributed by atoms with Crippen LogP contribution in [-0.2, 0) is 20.7 Å². The first-order valence-electron chi connectivity index (χ1n) is 13.0. The summed E-state index contributed by atoms with van der Waals surface area (Å²) in [7, 11) is -3.77. The molecule has 0 N–H and O–H groups in total. The van der Waals surface area contributed by atoms with Gasteiger partial charge >= 0.3 is 29.6 Å². The number of aryl methyl sites for hydroxylation is 1. The summed E-state index contributed by atoms with van der Waals surface area (Å²) in [5, 5.41) is 1.74. The molecule has 0 aliphatic carbocycles. The van der Waals surface area contributed by atoms with Crippen LogP contribution in [-0.4, -0.2) is 15.0 Å². The van der Waals surface area contributed by atoms with Crippen molar-refractivity contribution in [1.82, 2.24) is 0 Å². The van der Waals surface area contributed by atoms with E-state index in [0.29, 0.717) is 4.90 Å². The third kappa shape index (κ3) is 11.3. The second-order valence-electron chi connectivity index (χ2n) is 9.04. The van der Waals surface area contributed by atoms with Gasteiger partial charge in [0.15, 0.2) is 0 Å². The fourth-order valence-electron chi connectivity index (χ4n) is 4.34. The van der Waals surface area contributed by atoms with E-state index in [1.165, 1.54) is 57.8 Å². The van der Waals surface area contributed by atoms with Crippen molar-refractivity contribution in [3.63, 3.8) is 0 Å². The van der Waals surface area contributed by atoms with Gasteiger partial charge in [-0.05, 0) is 30.2 Å². The smallest absolute Gasteiger partial charge is 1.00 e. The Morgan fingerprint density at radius 2 is 1.24 bits per heavy atom. The molecule has 182 valence electrons. The Labute approximate surface area is 227 Å². The van der Waals surface area contributed by atoms with Gasteiger partial charge < -0.3 is 1.43 Å². The van der Waals surface area contributed by atoms with Gasteiger partial charge in [-0.3, -0.25) is 4.18 Å². The van der Waals surface area contributed by atoms with Gasteiger partial charge in [-0.1, -0.05) is 127 Å². The largest absolute Gasteiger partial charge is 1.00 e. The molecule has 0 saturated carbocycles. The minimum Gasteiger partial charge on any atom is -1.00 e. The fourth-order valence-corrected chi connectivity index (χ4v) is 5.74. The average molecular weight is 485 g/mol. The second-order valence-corrected chi connectivity index (χ2v) is 10.6. The summed E-state index contributed by atoms with van der Waals surface area (Å²) in [5.74, 6) is 0. The van der Waals surface area contributed by atoms with Crippen molar-refractivity contribution in [3.05, 3.63) is 42.0 Å². The van der Waals surface area contributed by atoms with E-state index in [9.17, 15) is 8.42 Å². The van der Waals surface area contributed by atoms with Crippen LogP contribution < -0.4 is 29.6 Å². The van der Waals surface area contributed by atoms with Gasteiger partial charge in [-0.15, -0.1) is 0 Å². The molecule has 0 aromatic heterocycles. The normalized spacial score (nSPS) is 11.6. The third-order valence-electron chi connectivity index (χ3n) is 6.25. The number of hydrogen-bond acceptors (Lipinski definition) is 3. The third-order valence-corrected chi connectivity index (χ3v) is 7.71. The molecule has 0 saturated heterocycles. The van der Waals surface area contributed by atoms with E-state index in [-0.39, 0.29) is 37.6 Å². The van der Waals surface area contributed by atoms with Crippen LogP contribution in [0, 0.1) is 0 Å². The minimum absolute atomic E-state index is 0. The van der Waals surface area contributed by atoms with Crippen molar-refractivity contribution >= 4 is 20.9 Å². The Kier molecular flexibility index (Phi) is 16.7. The van der Waals surface area contributed by atoms with Gasteiger partial charge in [-0.25, -0.2) is 0 Å². The molecular weight excluding hydrogens is 439 g/mol. The zero-order valence-electron chi connectivity index (χ0n) is 22.4.